The van der Waals surface area contributed by atoms with Gasteiger partial charge in [-0.15, -0.1) is 0 Å². The molecule has 0 aliphatic heterocycles. The lowest BCUT2D eigenvalue weighted by molar-refractivity contribution is -0.143. The van der Waals surface area contributed by atoms with Crippen molar-refractivity contribution < 1.29 is 17.9 Å². The van der Waals surface area contributed by atoms with Crippen LogP contribution in [0.5, 0.6) is 0 Å². The number of hydrogen-bond acceptors (Lipinski definition) is 2. The Morgan fingerprint density at radius 3 is 2.71 bits per heavy atom. The quantitative estimate of drug-likeness (QED) is 0.831. The smallest absolute Gasteiger partial charge is 0.372 e. The van der Waals surface area contributed by atoms with E-state index in [0.29, 0.717) is 10.2 Å². The summed E-state index contributed by atoms with van der Waals surface area (Å²) >= 11 is 3.17. The molecule has 1 aromatic rings. The summed E-state index contributed by atoms with van der Waals surface area (Å²) in [5.41, 5.74) is 0.405. The van der Waals surface area contributed by atoms with Crippen LogP contribution in [0.2, 0.25) is 0 Å². The van der Waals surface area contributed by atoms with E-state index in [1.54, 1.807) is 0 Å². The summed E-state index contributed by atoms with van der Waals surface area (Å²) in [6, 6.07) is 0. The molecule has 98 valence electrons. The molecule has 1 atom stereocenters. The van der Waals surface area contributed by atoms with Crippen LogP contribution in [0.3, 0.4) is 0 Å². The lowest BCUT2D eigenvalue weighted by Crippen LogP contribution is -2.21. The first-order valence-corrected chi connectivity index (χ1v) is 6.01. The number of alkyl halides is 3. The molecule has 1 rings (SSSR count). The summed E-state index contributed by atoms with van der Waals surface area (Å²) in [7, 11) is 0. The van der Waals surface area contributed by atoms with Crippen LogP contribution >= 0.6 is 15.9 Å². The zero-order valence-electron chi connectivity index (χ0n) is 9.59. The third-order valence-corrected chi connectivity index (χ3v) is 2.97. The molecule has 0 saturated heterocycles. The van der Waals surface area contributed by atoms with Crippen molar-refractivity contribution in [2.75, 3.05) is 0 Å². The van der Waals surface area contributed by atoms with E-state index in [2.05, 4.69) is 21.0 Å². The van der Waals surface area contributed by atoms with Gasteiger partial charge in [-0.1, -0.05) is 6.92 Å². The van der Waals surface area contributed by atoms with Crippen LogP contribution in [-0.2, 0) is 17.9 Å². The Morgan fingerprint density at radius 2 is 2.18 bits per heavy atom. The van der Waals surface area contributed by atoms with Gasteiger partial charge in [-0.05, 0) is 29.3 Å². The van der Waals surface area contributed by atoms with Crippen molar-refractivity contribution in [3.8, 4) is 0 Å². The van der Waals surface area contributed by atoms with E-state index < -0.39 is 12.7 Å². The predicted molar refractivity (Wildman–Crippen MR) is 60.5 cm³/mol. The second-order valence-corrected chi connectivity index (χ2v) is 4.60. The van der Waals surface area contributed by atoms with Crippen molar-refractivity contribution in [2.24, 2.45) is 0 Å². The molecule has 0 spiro atoms. The van der Waals surface area contributed by atoms with Crippen LogP contribution < -0.4 is 0 Å². The Labute approximate surface area is 106 Å². The molecule has 0 aliphatic carbocycles. The molecule has 0 radical (unpaired) electrons. The van der Waals surface area contributed by atoms with Crippen molar-refractivity contribution in [1.29, 1.82) is 0 Å². The third kappa shape index (κ3) is 4.67. The highest BCUT2D eigenvalue weighted by atomic mass is 79.9. The average Bonchev–Trinajstić information content (AvgIpc) is 2.54. The summed E-state index contributed by atoms with van der Waals surface area (Å²) in [4.78, 5) is 0. The van der Waals surface area contributed by atoms with Gasteiger partial charge in [0, 0.05) is 0 Å². The van der Waals surface area contributed by atoms with Crippen LogP contribution in [0, 0.1) is 0 Å². The van der Waals surface area contributed by atoms with Crippen molar-refractivity contribution in [3.05, 3.63) is 16.4 Å². The number of aromatic nitrogens is 2. The van der Waals surface area contributed by atoms with Crippen LogP contribution in [0.15, 0.2) is 10.7 Å². The molecule has 0 fully saturated rings. The van der Waals surface area contributed by atoms with Crippen molar-refractivity contribution >= 4 is 15.9 Å². The van der Waals surface area contributed by atoms with Gasteiger partial charge in [-0.25, -0.2) is 0 Å². The standard InChI is InChI=1S/C10H14BrF3N2O/c1-3-7(2)17-5-9-8(11)4-15-16(9)6-10(12,13)14/h4,7H,3,5-6H2,1-2H3/t7-/m0/s1. The Hall–Kier alpha value is -0.560. The summed E-state index contributed by atoms with van der Waals surface area (Å²) in [6.45, 7) is 2.84. The van der Waals surface area contributed by atoms with Crippen LogP contribution in [0.1, 0.15) is 26.0 Å². The highest BCUT2D eigenvalue weighted by Gasteiger charge is 2.30. The summed E-state index contributed by atoms with van der Waals surface area (Å²) in [5.74, 6) is 0. The van der Waals surface area contributed by atoms with Gasteiger partial charge in [0.1, 0.15) is 6.54 Å². The average molecular weight is 315 g/mol. The Kier molecular flexibility index (Phi) is 5.00. The first kappa shape index (κ1) is 14.5. The Bertz CT molecular complexity index is 365. The molecule has 3 nitrogen and oxygen atoms in total. The zero-order chi connectivity index (χ0) is 13.1. The van der Waals surface area contributed by atoms with E-state index in [-0.39, 0.29) is 12.7 Å². The summed E-state index contributed by atoms with van der Waals surface area (Å²) in [6.07, 6.45) is -2.11. The number of rotatable bonds is 5. The first-order chi connectivity index (χ1) is 7.83. The first-order valence-electron chi connectivity index (χ1n) is 5.22. The van der Waals surface area contributed by atoms with Crippen molar-refractivity contribution in [2.45, 2.75) is 45.7 Å². The normalized spacial score (nSPS) is 14.0. The summed E-state index contributed by atoms with van der Waals surface area (Å²) in [5, 5.41) is 3.67. The number of halogens is 4. The fourth-order valence-electron chi connectivity index (χ4n) is 1.18. The highest BCUT2D eigenvalue weighted by Crippen LogP contribution is 2.23. The number of ether oxygens (including phenoxy) is 1. The molecule has 0 amide bonds. The largest absolute Gasteiger partial charge is 0.408 e. The fourth-order valence-corrected chi connectivity index (χ4v) is 1.59. The van der Waals surface area contributed by atoms with E-state index in [4.69, 9.17) is 4.74 Å². The Morgan fingerprint density at radius 1 is 1.53 bits per heavy atom. The second kappa shape index (κ2) is 5.86. The molecule has 0 saturated carbocycles. The van der Waals surface area contributed by atoms with Crippen LogP contribution in [0.25, 0.3) is 0 Å². The van der Waals surface area contributed by atoms with Crippen LogP contribution in [0.4, 0.5) is 13.2 Å². The molecular formula is C10H14BrF3N2O. The van der Waals surface area contributed by atoms with Gasteiger partial charge in [0.25, 0.3) is 0 Å². The van der Waals surface area contributed by atoms with E-state index in [1.807, 2.05) is 13.8 Å². The minimum atomic E-state index is -4.28. The SMILES string of the molecule is CC[C@H](C)OCc1c(Br)cnn1CC(F)(F)F. The lowest BCUT2D eigenvalue weighted by Gasteiger charge is -2.13. The summed E-state index contributed by atoms with van der Waals surface area (Å²) < 4.78 is 43.7. The van der Waals surface area contributed by atoms with Gasteiger partial charge < -0.3 is 4.74 Å². The van der Waals surface area contributed by atoms with Crippen molar-refractivity contribution in [1.82, 2.24) is 9.78 Å². The van der Waals surface area contributed by atoms with Gasteiger partial charge in [-0.3, -0.25) is 4.68 Å². The third-order valence-electron chi connectivity index (χ3n) is 2.31. The second-order valence-electron chi connectivity index (χ2n) is 3.74. The fraction of sp³-hybridized carbons (Fsp3) is 0.700. The topological polar surface area (TPSA) is 27.1 Å². The molecular weight excluding hydrogens is 301 g/mol. The van der Waals surface area contributed by atoms with E-state index in [1.165, 1.54) is 6.20 Å². The molecule has 7 heteroatoms. The monoisotopic (exact) mass is 314 g/mol. The number of hydrogen-bond donors (Lipinski definition) is 0. The van der Waals surface area contributed by atoms with Gasteiger partial charge in [0.2, 0.25) is 0 Å². The molecule has 0 N–H and O–H groups in total. The maximum atomic E-state index is 12.3. The van der Waals surface area contributed by atoms with E-state index >= 15 is 0 Å². The van der Waals surface area contributed by atoms with E-state index in [0.717, 1.165) is 11.1 Å². The minimum Gasteiger partial charge on any atom is -0.372 e. The van der Waals surface area contributed by atoms with Crippen LogP contribution in [-0.4, -0.2) is 22.1 Å². The van der Waals surface area contributed by atoms with Gasteiger partial charge in [0.15, 0.2) is 0 Å². The maximum absolute atomic E-state index is 12.3. The van der Waals surface area contributed by atoms with Crippen molar-refractivity contribution in [3.63, 3.8) is 0 Å². The molecule has 0 aromatic carbocycles. The predicted octanol–water partition coefficient (Wildman–Crippen LogP) is 3.52. The molecule has 1 heterocycles. The van der Waals surface area contributed by atoms with E-state index in [9.17, 15) is 13.2 Å². The minimum absolute atomic E-state index is 0.0103. The number of nitrogens with zero attached hydrogens (tertiary/aromatic N) is 2. The van der Waals surface area contributed by atoms with Gasteiger partial charge in [-0.2, -0.15) is 18.3 Å². The van der Waals surface area contributed by atoms with Gasteiger partial charge in [0.05, 0.1) is 29.1 Å². The molecule has 17 heavy (non-hydrogen) atoms. The molecule has 0 aliphatic rings. The molecule has 0 bridgehead atoms. The highest BCUT2D eigenvalue weighted by molar-refractivity contribution is 9.10. The Balaban J connectivity index is 2.73. The maximum Gasteiger partial charge on any atom is 0.408 e. The zero-order valence-corrected chi connectivity index (χ0v) is 11.2. The molecule has 1 aromatic heterocycles. The molecule has 0 unspecified atom stereocenters. The van der Waals surface area contributed by atoms with Gasteiger partial charge >= 0.3 is 6.18 Å². The lowest BCUT2D eigenvalue weighted by atomic mass is 10.3.